The Labute approximate surface area is 144 Å². The summed E-state index contributed by atoms with van der Waals surface area (Å²) in [7, 11) is 0. The molecule has 0 aliphatic carbocycles. The van der Waals surface area contributed by atoms with Crippen molar-refractivity contribution < 1.29 is 9.53 Å². The van der Waals surface area contributed by atoms with Crippen molar-refractivity contribution in [1.29, 1.82) is 0 Å². The number of rotatable bonds is 4. The zero-order valence-electron chi connectivity index (χ0n) is 12.6. The summed E-state index contributed by atoms with van der Waals surface area (Å²) in [6.07, 6.45) is 1.57. The summed E-state index contributed by atoms with van der Waals surface area (Å²) in [5, 5.41) is 4.91. The number of fused-ring (bicyclic) bond motifs is 1. The molecule has 3 rings (SSSR count). The van der Waals surface area contributed by atoms with Gasteiger partial charge in [-0.05, 0) is 35.4 Å². The van der Waals surface area contributed by atoms with Gasteiger partial charge in [0.15, 0.2) is 0 Å². The van der Waals surface area contributed by atoms with Crippen LogP contribution < -0.4 is 0 Å². The molecule has 0 fully saturated rings. The second-order valence-corrected chi connectivity index (χ2v) is 6.29. The van der Waals surface area contributed by atoms with Crippen molar-refractivity contribution in [3.8, 4) is 0 Å². The van der Waals surface area contributed by atoms with Gasteiger partial charge in [0, 0.05) is 26.9 Å². The van der Waals surface area contributed by atoms with Crippen LogP contribution in [0.5, 0.6) is 0 Å². The maximum atomic E-state index is 12.0. The standard InChI is InChI=1S/C19H15ClO2S/c1-2-22-18(21)11-17(13-6-4-3-5-7-13)19-16-9-8-15(20)10-14(16)12-23-19/h3-12H,2H2,1H3/b17-11+. The monoisotopic (exact) mass is 342 g/mol. The van der Waals surface area contributed by atoms with Gasteiger partial charge in [0.2, 0.25) is 0 Å². The Morgan fingerprint density at radius 2 is 2.00 bits per heavy atom. The van der Waals surface area contributed by atoms with Gasteiger partial charge >= 0.3 is 5.97 Å². The Bertz CT molecular complexity index is 865. The van der Waals surface area contributed by atoms with Crippen molar-refractivity contribution in [3.63, 3.8) is 0 Å². The largest absolute Gasteiger partial charge is 0.463 e. The molecule has 0 atom stereocenters. The molecular weight excluding hydrogens is 328 g/mol. The average molecular weight is 343 g/mol. The Hall–Kier alpha value is -2.10. The molecule has 2 nitrogen and oxygen atoms in total. The molecule has 3 aromatic rings. The number of carbonyl (C=O) groups is 1. The van der Waals surface area contributed by atoms with E-state index in [0.29, 0.717) is 11.6 Å². The molecule has 4 heteroatoms. The minimum Gasteiger partial charge on any atom is -0.463 e. The van der Waals surface area contributed by atoms with Crippen molar-refractivity contribution in [2.24, 2.45) is 0 Å². The highest BCUT2D eigenvalue weighted by Gasteiger charge is 2.13. The number of halogens is 1. The molecule has 23 heavy (non-hydrogen) atoms. The highest BCUT2D eigenvalue weighted by Crippen LogP contribution is 2.36. The number of ether oxygens (including phenoxy) is 1. The fourth-order valence-corrected chi connectivity index (χ4v) is 3.67. The summed E-state index contributed by atoms with van der Waals surface area (Å²) in [5.41, 5.74) is 1.85. The van der Waals surface area contributed by atoms with Crippen LogP contribution in [0, 0.1) is 0 Å². The van der Waals surface area contributed by atoms with E-state index in [1.54, 1.807) is 24.3 Å². The molecule has 0 radical (unpaired) electrons. The quantitative estimate of drug-likeness (QED) is 0.459. The molecular formula is C19H15ClO2S. The Morgan fingerprint density at radius 1 is 1.22 bits per heavy atom. The van der Waals surface area contributed by atoms with Crippen LogP contribution in [0.2, 0.25) is 5.02 Å². The van der Waals surface area contributed by atoms with Gasteiger partial charge in [-0.3, -0.25) is 0 Å². The van der Waals surface area contributed by atoms with Crippen LogP contribution in [0.3, 0.4) is 0 Å². The van der Waals surface area contributed by atoms with E-state index < -0.39 is 0 Å². The van der Waals surface area contributed by atoms with Crippen LogP contribution in [0.1, 0.15) is 17.4 Å². The molecule has 0 aliphatic rings. The topological polar surface area (TPSA) is 26.3 Å². The lowest BCUT2D eigenvalue weighted by Gasteiger charge is -2.07. The molecule has 0 aliphatic heterocycles. The first kappa shape index (κ1) is 15.8. The fourth-order valence-electron chi connectivity index (χ4n) is 2.43. The molecule has 0 saturated carbocycles. The van der Waals surface area contributed by atoms with Crippen molar-refractivity contribution in [2.75, 3.05) is 6.61 Å². The lowest BCUT2D eigenvalue weighted by Crippen LogP contribution is -2.01. The maximum Gasteiger partial charge on any atom is 0.331 e. The van der Waals surface area contributed by atoms with Gasteiger partial charge in [0.1, 0.15) is 0 Å². The van der Waals surface area contributed by atoms with E-state index in [-0.39, 0.29) is 5.97 Å². The van der Waals surface area contributed by atoms with Crippen molar-refractivity contribution in [2.45, 2.75) is 6.92 Å². The van der Waals surface area contributed by atoms with Gasteiger partial charge in [-0.25, -0.2) is 4.79 Å². The molecule has 116 valence electrons. The maximum absolute atomic E-state index is 12.0. The van der Waals surface area contributed by atoms with Gasteiger partial charge in [0.05, 0.1) is 6.61 Å². The lowest BCUT2D eigenvalue weighted by molar-refractivity contribution is -0.137. The Kier molecular flexibility index (Phi) is 4.79. The van der Waals surface area contributed by atoms with E-state index in [2.05, 4.69) is 5.38 Å². The molecule has 0 amide bonds. The van der Waals surface area contributed by atoms with Gasteiger partial charge in [-0.1, -0.05) is 48.0 Å². The molecule has 0 N–H and O–H groups in total. The minimum atomic E-state index is -0.332. The smallest absolute Gasteiger partial charge is 0.331 e. The molecule has 1 heterocycles. The van der Waals surface area contributed by atoms with Crippen LogP contribution >= 0.6 is 22.9 Å². The Balaban J connectivity index is 2.16. The lowest BCUT2D eigenvalue weighted by atomic mass is 10.0. The number of thiophene rings is 1. The van der Waals surface area contributed by atoms with Crippen LogP contribution in [-0.2, 0) is 9.53 Å². The fraction of sp³-hybridized carbons (Fsp3) is 0.105. The third-order valence-electron chi connectivity index (χ3n) is 3.44. The van der Waals surface area contributed by atoms with Gasteiger partial charge in [-0.2, -0.15) is 0 Å². The van der Waals surface area contributed by atoms with Crippen LogP contribution in [0.4, 0.5) is 0 Å². The summed E-state index contributed by atoms with van der Waals surface area (Å²) >= 11 is 7.67. The normalized spacial score (nSPS) is 11.7. The third kappa shape index (κ3) is 3.46. The number of hydrogen-bond acceptors (Lipinski definition) is 3. The first-order valence-electron chi connectivity index (χ1n) is 7.30. The number of benzene rings is 2. The number of hydrogen-bond donors (Lipinski definition) is 0. The zero-order chi connectivity index (χ0) is 16.2. The summed E-state index contributed by atoms with van der Waals surface area (Å²) in [6.45, 7) is 2.16. The van der Waals surface area contributed by atoms with E-state index >= 15 is 0 Å². The van der Waals surface area contributed by atoms with Crippen LogP contribution in [-0.4, -0.2) is 12.6 Å². The second-order valence-electron chi connectivity index (χ2n) is 4.97. The SMILES string of the molecule is CCOC(=O)/C=C(\c1ccccc1)c1scc2cc(Cl)ccc12. The molecule has 1 aromatic heterocycles. The van der Waals surface area contributed by atoms with Gasteiger partial charge < -0.3 is 4.74 Å². The zero-order valence-corrected chi connectivity index (χ0v) is 14.2. The van der Waals surface area contributed by atoms with Gasteiger partial charge in [-0.15, -0.1) is 11.3 Å². The number of carbonyl (C=O) groups excluding carboxylic acids is 1. The predicted octanol–water partition coefficient (Wildman–Crippen LogP) is 5.55. The van der Waals surface area contributed by atoms with E-state index in [4.69, 9.17) is 16.3 Å². The highest BCUT2D eigenvalue weighted by atomic mass is 35.5. The summed E-state index contributed by atoms with van der Waals surface area (Å²) in [6, 6.07) is 15.7. The number of esters is 1. The third-order valence-corrected chi connectivity index (χ3v) is 4.72. The first-order valence-corrected chi connectivity index (χ1v) is 8.56. The van der Waals surface area contributed by atoms with Gasteiger partial charge in [0.25, 0.3) is 0 Å². The second kappa shape index (κ2) is 6.99. The molecule has 0 saturated heterocycles. The summed E-state index contributed by atoms with van der Waals surface area (Å²) in [5.74, 6) is -0.332. The highest BCUT2D eigenvalue weighted by molar-refractivity contribution is 7.13. The molecule has 2 aromatic carbocycles. The van der Waals surface area contributed by atoms with Crippen LogP contribution in [0.15, 0.2) is 60.0 Å². The van der Waals surface area contributed by atoms with Crippen molar-refractivity contribution in [3.05, 3.63) is 75.5 Å². The van der Waals surface area contributed by atoms with E-state index in [0.717, 1.165) is 26.8 Å². The van der Waals surface area contributed by atoms with E-state index in [1.807, 2.05) is 48.5 Å². The van der Waals surface area contributed by atoms with Crippen LogP contribution in [0.25, 0.3) is 16.3 Å². The van der Waals surface area contributed by atoms with Crippen molar-refractivity contribution >= 4 is 45.3 Å². The molecule has 0 spiro atoms. The average Bonchev–Trinajstić information content (AvgIpc) is 2.96. The van der Waals surface area contributed by atoms with E-state index in [9.17, 15) is 4.79 Å². The summed E-state index contributed by atoms with van der Waals surface area (Å²) in [4.78, 5) is 13.0. The first-order chi connectivity index (χ1) is 11.2. The predicted molar refractivity (Wildman–Crippen MR) is 97.0 cm³/mol. The minimum absolute atomic E-state index is 0.332. The Morgan fingerprint density at radius 3 is 2.74 bits per heavy atom. The van der Waals surface area contributed by atoms with E-state index in [1.165, 1.54) is 0 Å². The van der Waals surface area contributed by atoms with Crippen molar-refractivity contribution in [1.82, 2.24) is 0 Å². The molecule has 0 unspecified atom stereocenters. The summed E-state index contributed by atoms with van der Waals surface area (Å²) < 4.78 is 5.09. The molecule has 0 bridgehead atoms.